The lowest BCUT2D eigenvalue weighted by atomic mass is 9.94. The topological polar surface area (TPSA) is 109 Å². The van der Waals surface area contributed by atoms with Gasteiger partial charge in [0.15, 0.2) is 0 Å². The third kappa shape index (κ3) is 4.10. The van der Waals surface area contributed by atoms with Crippen molar-refractivity contribution < 1.29 is 29.3 Å². The molecule has 2 aromatic carbocycles. The number of hydrogen-bond acceptors (Lipinski definition) is 7. The van der Waals surface area contributed by atoms with Gasteiger partial charge in [0.25, 0.3) is 11.7 Å². The van der Waals surface area contributed by atoms with Gasteiger partial charge in [-0.1, -0.05) is 18.2 Å². The number of amides is 1. The van der Waals surface area contributed by atoms with Gasteiger partial charge in [-0.25, -0.2) is 0 Å². The number of pyridine rings is 1. The molecule has 8 heteroatoms. The van der Waals surface area contributed by atoms with Gasteiger partial charge in [0.05, 0.1) is 31.4 Å². The summed E-state index contributed by atoms with van der Waals surface area (Å²) in [5.41, 5.74) is 1.28. The first-order chi connectivity index (χ1) is 15.9. The molecule has 168 valence electrons. The molecule has 1 aliphatic heterocycles. The van der Waals surface area contributed by atoms with Crippen LogP contribution in [0.25, 0.3) is 5.76 Å². The van der Waals surface area contributed by atoms with Gasteiger partial charge in [-0.15, -0.1) is 0 Å². The van der Waals surface area contributed by atoms with Gasteiger partial charge in [0.1, 0.15) is 23.0 Å². The van der Waals surface area contributed by atoms with Crippen LogP contribution >= 0.6 is 0 Å². The number of aliphatic hydroxyl groups excluding tert-OH is 1. The lowest BCUT2D eigenvalue weighted by molar-refractivity contribution is -0.140. The van der Waals surface area contributed by atoms with Crippen molar-refractivity contribution in [2.75, 3.05) is 14.2 Å². The van der Waals surface area contributed by atoms with Gasteiger partial charge >= 0.3 is 0 Å². The van der Waals surface area contributed by atoms with Crippen LogP contribution in [0.1, 0.15) is 22.7 Å². The Hall–Kier alpha value is -4.33. The van der Waals surface area contributed by atoms with Crippen molar-refractivity contribution in [2.45, 2.75) is 12.6 Å². The van der Waals surface area contributed by atoms with E-state index in [0.29, 0.717) is 22.6 Å². The van der Waals surface area contributed by atoms with Crippen molar-refractivity contribution in [3.63, 3.8) is 0 Å². The lowest BCUT2D eigenvalue weighted by Gasteiger charge is -2.25. The minimum absolute atomic E-state index is 0.0292. The molecule has 1 saturated heterocycles. The lowest BCUT2D eigenvalue weighted by Crippen LogP contribution is -2.29. The number of aromatic nitrogens is 1. The van der Waals surface area contributed by atoms with E-state index >= 15 is 0 Å². The van der Waals surface area contributed by atoms with E-state index in [9.17, 15) is 19.8 Å². The van der Waals surface area contributed by atoms with E-state index in [4.69, 9.17) is 9.47 Å². The van der Waals surface area contributed by atoms with E-state index in [0.717, 1.165) is 0 Å². The maximum Gasteiger partial charge on any atom is 0.295 e. The molecular weight excluding hydrogens is 424 g/mol. The normalized spacial score (nSPS) is 17.3. The molecule has 0 radical (unpaired) electrons. The molecule has 1 amide bonds. The van der Waals surface area contributed by atoms with Gasteiger partial charge in [0.2, 0.25) is 0 Å². The second-order valence-corrected chi connectivity index (χ2v) is 7.45. The van der Waals surface area contributed by atoms with E-state index in [-0.39, 0.29) is 23.4 Å². The molecule has 1 aliphatic rings. The van der Waals surface area contributed by atoms with Gasteiger partial charge < -0.3 is 24.6 Å². The monoisotopic (exact) mass is 446 g/mol. The predicted molar refractivity (Wildman–Crippen MR) is 120 cm³/mol. The second kappa shape index (κ2) is 9.04. The Labute approximate surface area is 190 Å². The fraction of sp³-hybridized carbons (Fsp3) is 0.160. The van der Waals surface area contributed by atoms with Gasteiger partial charge in [-0.05, 0) is 47.5 Å². The third-order valence-corrected chi connectivity index (χ3v) is 5.46. The third-order valence-electron chi connectivity index (χ3n) is 5.46. The van der Waals surface area contributed by atoms with Crippen molar-refractivity contribution in [1.29, 1.82) is 0 Å². The van der Waals surface area contributed by atoms with Crippen LogP contribution < -0.4 is 9.47 Å². The molecule has 1 fully saturated rings. The summed E-state index contributed by atoms with van der Waals surface area (Å²) in [5.74, 6) is -1.29. The van der Waals surface area contributed by atoms with E-state index in [2.05, 4.69) is 4.98 Å². The molecule has 2 heterocycles. The number of hydrogen-bond donors (Lipinski definition) is 2. The molecule has 4 rings (SSSR count). The summed E-state index contributed by atoms with van der Waals surface area (Å²) in [6.45, 7) is 0.0881. The number of methoxy groups -OCH3 is 2. The molecule has 0 saturated carbocycles. The van der Waals surface area contributed by atoms with E-state index in [1.807, 2.05) is 0 Å². The molecule has 2 N–H and O–H groups in total. The predicted octanol–water partition coefficient (Wildman–Crippen LogP) is 3.43. The van der Waals surface area contributed by atoms with E-state index in [1.54, 1.807) is 48.8 Å². The van der Waals surface area contributed by atoms with Crippen LogP contribution in [0.3, 0.4) is 0 Å². The summed E-state index contributed by atoms with van der Waals surface area (Å²) in [6.07, 6.45) is 3.21. The molecular formula is C25H22N2O6. The number of ether oxygens (including phenoxy) is 2. The number of carbonyl (C=O) groups is 2. The van der Waals surface area contributed by atoms with Crippen LogP contribution in [0, 0.1) is 0 Å². The standard InChI is InChI=1S/C25H22N2O6/c1-32-18-8-9-20(33-2)19(12-18)23(29)21-22(16-6-3-7-17(28)11-16)27(25(31)24(21)30)14-15-5-4-10-26-13-15/h3-13,22,28-29H,14H2,1-2H3/b23-21+. The van der Waals surface area contributed by atoms with E-state index < -0.39 is 23.5 Å². The summed E-state index contributed by atoms with van der Waals surface area (Å²) in [6, 6.07) is 13.6. The summed E-state index contributed by atoms with van der Waals surface area (Å²) < 4.78 is 10.6. The zero-order valence-electron chi connectivity index (χ0n) is 18.1. The summed E-state index contributed by atoms with van der Waals surface area (Å²) in [7, 11) is 2.91. The maximum absolute atomic E-state index is 13.2. The van der Waals surface area contributed by atoms with E-state index in [1.165, 1.54) is 37.3 Å². The highest BCUT2D eigenvalue weighted by molar-refractivity contribution is 6.46. The highest BCUT2D eigenvalue weighted by Crippen LogP contribution is 2.42. The minimum atomic E-state index is -0.937. The number of Topliss-reactive ketones (excluding diaryl/α,β-unsaturated/α-hetero) is 1. The molecule has 1 atom stereocenters. The fourth-order valence-electron chi connectivity index (χ4n) is 3.92. The van der Waals surface area contributed by atoms with Crippen molar-refractivity contribution >= 4 is 17.4 Å². The molecule has 0 spiro atoms. The smallest absolute Gasteiger partial charge is 0.295 e. The number of rotatable bonds is 6. The highest BCUT2D eigenvalue weighted by Gasteiger charge is 2.46. The quantitative estimate of drug-likeness (QED) is 0.339. The summed E-state index contributed by atoms with van der Waals surface area (Å²) >= 11 is 0. The van der Waals surface area contributed by atoms with Crippen LogP contribution in [-0.4, -0.2) is 46.0 Å². The van der Waals surface area contributed by atoms with Crippen molar-refractivity contribution in [3.8, 4) is 17.2 Å². The van der Waals surface area contributed by atoms with Crippen molar-refractivity contribution in [2.24, 2.45) is 0 Å². The Bertz CT molecular complexity index is 1240. The van der Waals surface area contributed by atoms with Crippen LogP contribution in [0.2, 0.25) is 0 Å². The Morgan fingerprint density at radius 1 is 1.06 bits per heavy atom. The number of phenols is 1. The molecule has 0 bridgehead atoms. The minimum Gasteiger partial charge on any atom is -0.508 e. The Balaban J connectivity index is 1.92. The summed E-state index contributed by atoms with van der Waals surface area (Å²) in [5, 5.41) is 21.4. The first kappa shape index (κ1) is 21.9. The van der Waals surface area contributed by atoms with Crippen molar-refractivity contribution in [1.82, 2.24) is 9.88 Å². The number of nitrogens with zero attached hydrogens (tertiary/aromatic N) is 2. The number of carbonyl (C=O) groups excluding carboxylic acids is 2. The highest BCUT2D eigenvalue weighted by atomic mass is 16.5. The number of phenolic OH excluding ortho intramolecular Hbond substituents is 1. The van der Waals surface area contributed by atoms with Crippen LogP contribution in [0.5, 0.6) is 17.2 Å². The number of benzene rings is 2. The Morgan fingerprint density at radius 3 is 2.55 bits per heavy atom. The largest absolute Gasteiger partial charge is 0.508 e. The molecule has 0 aliphatic carbocycles. The summed E-state index contributed by atoms with van der Waals surface area (Å²) in [4.78, 5) is 31.7. The van der Waals surface area contributed by atoms with Crippen molar-refractivity contribution in [3.05, 3.63) is 89.3 Å². The Kier molecular flexibility index (Phi) is 5.99. The SMILES string of the molecule is COc1ccc(OC)c(/C(O)=C2\C(=O)C(=O)N(Cc3cccnc3)C2c2cccc(O)c2)c1. The molecule has 8 nitrogen and oxygen atoms in total. The zero-order valence-corrected chi connectivity index (χ0v) is 18.1. The number of ketones is 1. The maximum atomic E-state index is 13.2. The molecule has 1 aromatic heterocycles. The van der Waals surface area contributed by atoms with Crippen LogP contribution in [-0.2, 0) is 16.1 Å². The van der Waals surface area contributed by atoms with Crippen LogP contribution in [0.15, 0.2) is 72.6 Å². The molecule has 33 heavy (non-hydrogen) atoms. The van der Waals surface area contributed by atoms with Gasteiger partial charge in [-0.2, -0.15) is 0 Å². The fourth-order valence-corrected chi connectivity index (χ4v) is 3.92. The molecule has 3 aromatic rings. The average molecular weight is 446 g/mol. The first-order valence-electron chi connectivity index (χ1n) is 10.1. The van der Waals surface area contributed by atoms with Crippen LogP contribution in [0.4, 0.5) is 0 Å². The average Bonchev–Trinajstić information content (AvgIpc) is 3.08. The first-order valence-corrected chi connectivity index (χ1v) is 10.1. The Morgan fingerprint density at radius 2 is 1.88 bits per heavy atom. The number of aromatic hydroxyl groups is 1. The van der Waals surface area contributed by atoms with Gasteiger partial charge in [0, 0.05) is 18.9 Å². The number of aliphatic hydroxyl groups is 1. The van der Waals surface area contributed by atoms with Gasteiger partial charge in [-0.3, -0.25) is 14.6 Å². The number of likely N-dealkylation sites (tertiary alicyclic amines) is 1. The molecule has 1 unspecified atom stereocenters. The second-order valence-electron chi connectivity index (χ2n) is 7.45. The zero-order chi connectivity index (χ0) is 23.5.